The van der Waals surface area contributed by atoms with Crippen molar-refractivity contribution in [3.63, 3.8) is 0 Å². The topological polar surface area (TPSA) is 430 Å². The minimum atomic E-state index is -1.99. The molecule has 5 saturated heterocycles. The third-order valence-electron chi connectivity index (χ3n) is 14.4. The van der Waals surface area contributed by atoms with E-state index in [4.69, 9.17) is 56.8 Å². The second-order valence-electron chi connectivity index (χ2n) is 18.7. The summed E-state index contributed by atoms with van der Waals surface area (Å²) < 4.78 is 71.3. The Labute approximate surface area is 422 Å². The molecule has 0 radical (unpaired) electrons. The van der Waals surface area contributed by atoms with Gasteiger partial charge in [0, 0.05) is 33.7 Å². The van der Waals surface area contributed by atoms with Gasteiger partial charge < -0.3 is 87.5 Å². The van der Waals surface area contributed by atoms with Gasteiger partial charge in [-0.25, -0.2) is 9.59 Å². The van der Waals surface area contributed by atoms with Crippen molar-refractivity contribution in [2.75, 3.05) is 26.9 Å². The van der Waals surface area contributed by atoms with E-state index < -0.39 is 178 Å². The molecule has 1 aromatic carbocycles. The van der Waals surface area contributed by atoms with Crippen LogP contribution in [0.2, 0.25) is 0 Å². The predicted octanol–water partition coefficient (Wildman–Crippen LogP) is 1.08. The number of carbonyl (C=O) groups is 3. The predicted molar refractivity (Wildman–Crippen MR) is 243 cm³/mol. The Hall–Kier alpha value is -4.88. The molecule has 74 heavy (non-hydrogen) atoms. The molecule has 0 bridgehead atoms. The molecule has 0 aromatic heterocycles. The van der Waals surface area contributed by atoms with Crippen LogP contribution in [-0.2, 0) is 77.8 Å². The number of ether oxygens (including phenoxy) is 12. The smallest absolute Gasteiger partial charge is 0.345 e. The van der Waals surface area contributed by atoms with Crippen LogP contribution in [0.1, 0.15) is 40.2 Å². The molecule has 0 aliphatic carbocycles. The van der Waals surface area contributed by atoms with E-state index in [0.717, 1.165) is 0 Å². The van der Waals surface area contributed by atoms with Gasteiger partial charge in [0.05, 0.1) is 56.8 Å². The van der Waals surface area contributed by atoms with E-state index in [9.17, 15) is 61.6 Å². The summed E-state index contributed by atoms with van der Waals surface area (Å²) in [4.78, 5) is 46.8. The lowest BCUT2D eigenvalue weighted by Gasteiger charge is -2.50. The van der Waals surface area contributed by atoms with Gasteiger partial charge in [-0.1, -0.05) is 80.3 Å². The summed E-state index contributed by atoms with van der Waals surface area (Å²) in [6.07, 6.45) is -26.0. The van der Waals surface area contributed by atoms with Crippen LogP contribution in [-0.4, -0.2) is 199 Å². The average Bonchev–Trinajstić information content (AvgIpc) is 3.39. The van der Waals surface area contributed by atoms with Crippen LogP contribution >= 0.6 is 0 Å². The molecule has 0 spiro atoms. The third-order valence-corrected chi connectivity index (χ3v) is 14.4. The zero-order valence-electron chi connectivity index (χ0n) is 41.1. The molecule has 0 saturated carbocycles. The van der Waals surface area contributed by atoms with Gasteiger partial charge in [0.2, 0.25) is 0 Å². The minimum absolute atomic E-state index is 0.105. The molecule has 5 aliphatic heterocycles. The first kappa shape index (κ1) is 58.4. The SMILES string of the molecule is CO[C@H]1OC(CO)[C@@H](O[C@@H]2OC(C(=O)O)[C@@H](O[C@H]3OC(CO)[C@@H](O[C@@H]4OC(C(=O)OC=O)[C@@H](O[C@H]5OC(CO)[C@@H](C)[C@H](C)C5N=[N+]=[N-])[C@H](C)C4OCc4ccccc4)[C@H](O)C3N=[N+]=[N-])[C@H](C)C2O)[C@H](C)C1N=[N+]=[N-]. The zero-order chi connectivity index (χ0) is 54.0. The summed E-state index contributed by atoms with van der Waals surface area (Å²) in [6.45, 7) is 5.87. The number of esters is 1. The van der Waals surface area contributed by atoms with E-state index in [2.05, 4.69) is 30.1 Å². The molecule has 0 amide bonds. The molecular formula is C44H63N9O21. The number of aliphatic hydroxyl groups excluding tert-OH is 5. The highest BCUT2D eigenvalue weighted by atomic mass is 16.8. The number of carbonyl (C=O) groups excluding carboxylic acids is 2. The van der Waals surface area contributed by atoms with E-state index in [-0.39, 0.29) is 19.0 Å². The first-order chi connectivity index (χ1) is 35.5. The molecular weight excluding hydrogens is 991 g/mol. The largest absolute Gasteiger partial charge is 0.479 e. The normalized spacial score (nSPS) is 42.3. The number of hydrogen-bond acceptors (Lipinski definition) is 23. The molecule has 30 heteroatoms. The Morgan fingerprint density at radius 1 is 0.595 bits per heavy atom. The molecule has 6 N–H and O–H groups in total. The third kappa shape index (κ3) is 12.7. The van der Waals surface area contributed by atoms with Crippen molar-refractivity contribution in [3.05, 3.63) is 67.2 Å². The lowest BCUT2D eigenvalue weighted by atomic mass is 9.82. The highest BCUT2D eigenvalue weighted by Crippen LogP contribution is 2.42. The number of hydrogen-bond donors (Lipinski definition) is 6. The maximum absolute atomic E-state index is 13.6. The first-order valence-electron chi connectivity index (χ1n) is 23.8. The number of nitrogens with zero attached hydrogens (tertiary/aromatic N) is 9. The van der Waals surface area contributed by atoms with Crippen LogP contribution in [0.4, 0.5) is 0 Å². The highest BCUT2D eigenvalue weighted by Gasteiger charge is 2.57. The highest BCUT2D eigenvalue weighted by molar-refractivity contribution is 5.81. The summed E-state index contributed by atoms with van der Waals surface area (Å²) in [7, 11) is 1.30. The number of aliphatic hydroxyl groups is 5. The zero-order valence-corrected chi connectivity index (χ0v) is 41.1. The summed E-state index contributed by atoms with van der Waals surface area (Å²) in [5.41, 5.74) is 29.1. The van der Waals surface area contributed by atoms with Gasteiger partial charge in [-0.3, -0.25) is 4.79 Å². The molecule has 6 rings (SSSR count). The number of aliphatic carboxylic acids is 1. The van der Waals surface area contributed by atoms with Crippen molar-refractivity contribution >= 4 is 18.4 Å². The van der Waals surface area contributed by atoms with Crippen molar-refractivity contribution < 1.29 is 102 Å². The maximum atomic E-state index is 13.6. The molecule has 10 unspecified atom stereocenters. The van der Waals surface area contributed by atoms with E-state index in [0.29, 0.717) is 5.56 Å². The lowest BCUT2D eigenvalue weighted by molar-refractivity contribution is -0.369. The minimum Gasteiger partial charge on any atom is -0.479 e. The van der Waals surface area contributed by atoms with E-state index in [1.54, 1.807) is 58.0 Å². The standard InChI is InChI=1S/C44H63N9O21/c1-17-18(2)26(48-51-45)41(66-23(17)12-54)71-33-21(5)34(64-15-22-10-8-7-9-11-22)44(74-37(33)39(62)65-16-57)72-35-25(14-56)68-42(28(30(35)59)50-53-47)70-32-20(4)29(58)43(73-36(32)38(60)61)69-31-19(3)27(49-52-46)40(63-6)67-24(31)13-55/h7-11,16-21,23-37,40-44,54-56,58-59H,12-15H2,1-6H3,(H,60,61)/t17-,18-,19+,20+,21-,23?,24?,25?,26?,27?,28?,29?,30+,31-,32-,33-,34?,35+,36?,37?,40-,41+,42+,43+,44+/m0/s1. The van der Waals surface area contributed by atoms with Gasteiger partial charge in [0.15, 0.2) is 43.7 Å². The Balaban J connectivity index is 1.27. The molecule has 25 atom stereocenters. The molecule has 1 aromatic rings. The lowest BCUT2D eigenvalue weighted by Crippen LogP contribution is -2.66. The molecule has 5 aliphatic rings. The Kier molecular flexibility index (Phi) is 21.1. The van der Waals surface area contributed by atoms with Crippen molar-refractivity contribution in [2.45, 2.75) is 164 Å². The van der Waals surface area contributed by atoms with Gasteiger partial charge in [0.25, 0.3) is 0 Å². The first-order valence-corrected chi connectivity index (χ1v) is 23.8. The van der Waals surface area contributed by atoms with Gasteiger partial charge >= 0.3 is 18.4 Å². The number of carboxylic acids is 1. The number of carboxylic acid groups (broad SMARTS) is 1. The van der Waals surface area contributed by atoms with Crippen LogP contribution in [0, 0.1) is 29.6 Å². The Morgan fingerprint density at radius 3 is 1.69 bits per heavy atom. The van der Waals surface area contributed by atoms with E-state index in [1.807, 2.05) is 0 Å². The summed E-state index contributed by atoms with van der Waals surface area (Å²) in [6, 6.07) is 5.01. The van der Waals surface area contributed by atoms with Crippen molar-refractivity contribution in [3.8, 4) is 0 Å². The fourth-order valence-corrected chi connectivity index (χ4v) is 9.98. The fraction of sp³-hybridized carbons (Fsp3) is 0.795. The van der Waals surface area contributed by atoms with E-state index in [1.165, 1.54) is 14.0 Å². The van der Waals surface area contributed by atoms with Crippen LogP contribution in [0.15, 0.2) is 45.7 Å². The van der Waals surface area contributed by atoms with Crippen LogP contribution in [0.3, 0.4) is 0 Å². The summed E-state index contributed by atoms with van der Waals surface area (Å²) in [5, 5.41) is 76.5. The summed E-state index contributed by atoms with van der Waals surface area (Å²) in [5.74, 6) is -6.58. The number of methoxy groups -OCH3 is 1. The Bertz CT molecular complexity index is 2180. The van der Waals surface area contributed by atoms with E-state index >= 15 is 0 Å². The van der Waals surface area contributed by atoms with Gasteiger partial charge in [-0.15, -0.1) is 0 Å². The molecule has 30 nitrogen and oxygen atoms in total. The second-order valence-corrected chi connectivity index (χ2v) is 18.7. The van der Waals surface area contributed by atoms with Crippen LogP contribution in [0.25, 0.3) is 31.3 Å². The number of rotatable bonds is 21. The molecule has 5 heterocycles. The number of azide groups is 3. The average molecular weight is 1050 g/mol. The maximum Gasteiger partial charge on any atom is 0.345 e. The molecule has 5 fully saturated rings. The summed E-state index contributed by atoms with van der Waals surface area (Å²) >= 11 is 0. The number of benzene rings is 1. The second kappa shape index (κ2) is 26.7. The fourth-order valence-electron chi connectivity index (χ4n) is 9.98. The van der Waals surface area contributed by atoms with Crippen molar-refractivity contribution in [2.24, 2.45) is 44.9 Å². The Morgan fingerprint density at radius 2 is 1.11 bits per heavy atom. The quantitative estimate of drug-likeness (QED) is 0.0250. The monoisotopic (exact) mass is 1050 g/mol. The van der Waals surface area contributed by atoms with Gasteiger partial charge in [0.1, 0.15) is 48.8 Å². The molecule has 410 valence electrons. The van der Waals surface area contributed by atoms with Crippen LogP contribution < -0.4 is 0 Å². The van der Waals surface area contributed by atoms with Crippen molar-refractivity contribution in [1.29, 1.82) is 0 Å². The van der Waals surface area contributed by atoms with Gasteiger partial charge in [-0.2, -0.15) is 0 Å². The van der Waals surface area contributed by atoms with Gasteiger partial charge in [-0.05, 0) is 39.9 Å². The van der Waals surface area contributed by atoms with Crippen LogP contribution in [0.5, 0.6) is 0 Å². The van der Waals surface area contributed by atoms with Crippen molar-refractivity contribution in [1.82, 2.24) is 0 Å².